The molecule has 1 aliphatic heterocycles. The second kappa shape index (κ2) is 7.58. The Kier molecular flexibility index (Phi) is 5.01. The van der Waals surface area contributed by atoms with Gasteiger partial charge in [0.25, 0.3) is 0 Å². The van der Waals surface area contributed by atoms with Crippen LogP contribution in [0.4, 0.5) is 5.69 Å². The van der Waals surface area contributed by atoms with Crippen molar-refractivity contribution in [2.75, 3.05) is 31.1 Å². The Balaban J connectivity index is 1.46. The standard InChI is InChI=1S/C21H26N4O2/c1-16-7-8-17(27-16)15-24-11-13-25(14-12-24)19-6-4-3-5-18(19)20(26)21-22-9-10-23(21)2/h3-10,20,26H,11-15H2,1-2H3/t20-/m1/s1. The lowest BCUT2D eigenvalue weighted by molar-refractivity contribution is 0.205. The van der Waals surface area contributed by atoms with Crippen molar-refractivity contribution in [2.45, 2.75) is 19.6 Å². The molecule has 0 spiro atoms. The number of hydrogen-bond donors (Lipinski definition) is 1. The van der Waals surface area contributed by atoms with Crippen LogP contribution in [-0.4, -0.2) is 45.7 Å². The van der Waals surface area contributed by atoms with E-state index >= 15 is 0 Å². The lowest BCUT2D eigenvalue weighted by atomic mass is 10.0. The molecule has 2 aromatic heterocycles. The molecule has 1 saturated heterocycles. The number of aromatic nitrogens is 2. The van der Waals surface area contributed by atoms with Gasteiger partial charge in [0.2, 0.25) is 0 Å². The van der Waals surface area contributed by atoms with Crippen molar-refractivity contribution in [3.05, 3.63) is 71.7 Å². The highest BCUT2D eigenvalue weighted by Crippen LogP contribution is 2.30. The lowest BCUT2D eigenvalue weighted by Gasteiger charge is -2.37. The van der Waals surface area contributed by atoms with Crippen LogP contribution < -0.4 is 4.90 Å². The Morgan fingerprint density at radius 2 is 1.89 bits per heavy atom. The molecule has 0 bridgehead atoms. The molecule has 1 N–H and O–H groups in total. The Labute approximate surface area is 159 Å². The van der Waals surface area contributed by atoms with Crippen molar-refractivity contribution in [1.29, 1.82) is 0 Å². The van der Waals surface area contributed by atoms with Gasteiger partial charge in [-0.15, -0.1) is 0 Å². The zero-order valence-electron chi connectivity index (χ0n) is 15.9. The fourth-order valence-corrected chi connectivity index (χ4v) is 3.72. The fourth-order valence-electron chi connectivity index (χ4n) is 3.72. The zero-order chi connectivity index (χ0) is 18.8. The van der Waals surface area contributed by atoms with Gasteiger partial charge in [0, 0.05) is 56.9 Å². The molecule has 4 rings (SSSR count). The van der Waals surface area contributed by atoms with E-state index in [1.165, 1.54) is 0 Å². The summed E-state index contributed by atoms with van der Waals surface area (Å²) in [5.41, 5.74) is 1.99. The maximum atomic E-state index is 10.9. The highest BCUT2D eigenvalue weighted by Gasteiger charge is 2.24. The number of aryl methyl sites for hydroxylation is 2. The minimum Gasteiger partial charge on any atom is -0.465 e. The second-order valence-corrected chi connectivity index (χ2v) is 7.13. The van der Waals surface area contributed by atoms with Crippen molar-refractivity contribution in [1.82, 2.24) is 14.5 Å². The van der Waals surface area contributed by atoms with Gasteiger partial charge < -0.3 is 19.0 Å². The number of piperazine rings is 1. The fraction of sp³-hybridized carbons (Fsp3) is 0.381. The molecule has 0 saturated carbocycles. The van der Waals surface area contributed by atoms with Gasteiger partial charge in [0.05, 0.1) is 6.54 Å². The number of anilines is 1. The van der Waals surface area contributed by atoms with E-state index in [0.29, 0.717) is 5.82 Å². The van der Waals surface area contributed by atoms with E-state index in [4.69, 9.17) is 4.42 Å². The lowest BCUT2D eigenvalue weighted by Crippen LogP contribution is -2.46. The van der Waals surface area contributed by atoms with E-state index in [1.54, 1.807) is 6.20 Å². The van der Waals surface area contributed by atoms with E-state index in [9.17, 15) is 5.11 Å². The van der Waals surface area contributed by atoms with Crippen molar-refractivity contribution in [3.63, 3.8) is 0 Å². The molecule has 1 fully saturated rings. The summed E-state index contributed by atoms with van der Waals surface area (Å²) in [6.45, 7) is 6.59. The molecule has 0 amide bonds. The predicted octanol–water partition coefficient (Wildman–Crippen LogP) is 2.73. The summed E-state index contributed by atoms with van der Waals surface area (Å²) in [6, 6.07) is 12.2. The first-order valence-electron chi connectivity index (χ1n) is 9.38. The Morgan fingerprint density at radius 3 is 2.56 bits per heavy atom. The number of aliphatic hydroxyl groups excluding tert-OH is 1. The van der Waals surface area contributed by atoms with Gasteiger partial charge in [0.1, 0.15) is 23.4 Å². The third-order valence-corrected chi connectivity index (χ3v) is 5.22. The molecular formula is C21H26N4O2. The van der Waals surface area contributed by atoms with E-state index < -0.39 is 6.10 Å². The van der Waals surface area contributed by atoms with E-state index in [-0.39, 0.29) is 0 Å². The van der Waals surface area contributed by atoms with Gasteiger partial charge >= 0.3 is 0 Å². The minimum absolute atomic E-state index is 0.661. The third-order valence-electron chi connectivity index (χ3n) is 5.22. The maximum absolute atomic E-state index is 10.9. The van der Waals surface area contributed by atoms with Crippen LogP contribution in [0.2, 0.25) is 0 Å². The van der Waals surface area contributed by atoms with Crippen LogP contribution in [0, 0.1) is 6.92 Å². The van der Waals surface area contributed by atoms with Crippen molar-refractivity contribution in [3.8, 4) is 0 Å². The van der Waals surface area contributed by atoms with Crippen molar-refractivity contribution >= 4 is 5.69 Å². The van der Waals surface area contributed by atoms with Gasteiger partial charge in [-0.05, 0) is 25.1 Å². The molecule has 3 aromatic rings. The summed E-state index contributed by atoms with van der Waals surface area (Å²) < 4.78 is 7.57. The number of furan rings is 1. The second-order valence-electron chi connectivity index (χ2n) is 7.13. The summed E-state index contributed by atoms with van der Waals surface area (Å²) in [5.74, 6) is 2.64. The normalized spacial score (nSPS) is 16.6. The van der Waals surface area contributed by atoms with Crippen LogP contribution in [0.15, 0.2) is 53.2 Å². The third kappa shape index (κ3) is 3.77. The topological polar surface area (TPSA) is 57.7 Å². The van der Waals surface area contributed by atoms with E-state index in [2.05, 4.69) is 26.9 Å². The first kappa shape index (κ1) is 17.8. The smallest absolute Gasteiger partial charge is 0.142 e. The molecular weight excluding hydrogens is 340 g/mol. The number of rotatable bonds is 5. The molecule has 6 heteroatoms. The molecule has 0 radical (unpaired) electrons. The van der Waals surface area contributed by atoms with E-state index in [0.717, 1.165) is 55.5 Å². The Bertz CT molecular complexity index is 893. The van der Waals surface area contributed by atoms with Gasteiger partial charge in [-0.25, -0.2) is 4.98 Å². The molecule has 27 heavy (non-hydrogen) atoms. The number of imidazole rings is 1. The van der Waals surface area contributed by atoms with Crippen molar-refractivity contribution < 1.29 is 9.52 Å². The highest BCUT2D eigenvalue weighted by molar-refractivity contribution is 5.56. The predicted molar refractivity (Wildman–Crippen MR) is 105 cm³/mol. The molecule has 6 nitrogen and oxygen atoms in total. The number of aliphatic hydroxyl groups is 1. The molecule has 1 atom stereocenters. The Morgan fingerprint density at radius 1 is 1.11 bits per heavy atom. The van der Waals surface area contributed by atoms with Crippen LogP contribution in [0.3, 0.4) is 0 Å². The van der Waals surface area contributed by atoms with Gasteiger partial charge in [-0.2, -0.15) is 0 Å². The monoisotopic (exact) mass is 366 g/mol. The zero-order valence-corrected chi connectivity index (χ0v) is 15.9. The quantitative estimate of drug-likeness (QED) is 0.752. The van der Waals surface area contributed by atoms with Gasteiger partial charge in [-0.1, -0.05) is 18.2 Å². The summed E-state index contributed by atoms with van der Waals surface area (Å²) in [6.07, 6.45) is 2.84. The van der Waals surface area contributed by atoms with Crippen LogP contribution in [0.25, 0.3) is 0 Å². The molecule has 1 aromatic carbocycles. The molecule has 3 heterocycles. The van der Waals surface area contributed by atoms with E-state index in [1.807, 2.05) is 49.0 Å². The van der Waals surface area contributed by atoms with Gasteiger partial charge in [0.15, 0.2) is 0 Å². The highest BCUT2D eigenvalue weighted by atomic mass is 16.3. The number of hydrogen-bond acceptors (Lipinski definition) is 5. The molecule has 0 unspecified atom stereocenters. The molecule has 0 aliphatic carbocycles. The summed E-state index contributed by atoms with van der Waals surface area (Å²) >= 11 is 0. The first-order valence-corrected chi connectivity index (χ1v) is 9.38. The largest absolute Gasteiger partial charge is 0.465 e. The maximum Gasteiger partial charge on any atom is 0.142 e. The van der Waals surface area contributed by atoms with Crippen molar-refractivity contribution in [2.24, 2.45) is 7.05 Å². The van der Waals surface area contributed by atoms with Crippen LogP contribution in [0.5, 0.6) is 0 Å². The number of para-hydroxylation sites is 1. The molecule has 142 valence electrons. The number of nitrogens with zero attached hydrogens (tertiary/aromatic N) is 4. The van der Waals surface area contributed by atoms with Crippen LogP contribution in [0.1, 0.15) is 29.0 Å². The summed E-state index contributed by atoms with van der Waals surface area (Å²) in [7, 11) is 1.91. The Hall–Kier alpha value is -2.57. The minimum atomic E-state index is -0.731. The summed E-state index contributed by atoms with van der Waals surface area (Å²) in [5, 5.41) is 10.9. The van der Waals surface area contributed by atoms with Crippen LogP contribution in [-0.2, 0) is 13.6 Å². The van der Waals surface area contributed by atoms with Gasteiger partial charge in [-0.3, -0.25) is 4.90 Å². The van der Waals surface area contributed by atoms with Crippen LogP contribution >= 0.6 is 0 Å². The molecule has 1 aliphatic rings. The SMILES string of the molecule is Cc1ccc(CN2CCN(c3ccccc3[C@@H](O)c3nccn3C)CC2)o1. The average molecular weight is 366 g/mol. The number of benzene rings is 1. The first-order chi connectivity index (χ1) is 13.1. The average Bonchev–Trinajstić information content (AvgIpc) is 3.30. The summed E-state index contributed by atoms with van der Waals surface area (Å²) in [4.78, 5) is 9.08.